The number of nitrogens with zero attached hydrogens (tertiary/aromatic N) is 1. The van der Waals surface area contributed by atoms with Gasteiger partial charge in [-0.25, -0.2) is 0 Å². The Labute approximate surface area is 190 Å². The van der Waals surface area contributed by atoms with Crippen molar-refractivity contribution in [3.05, 3.63) is 65.7 Å². The first-order chi connectivity index (χ1) is 15.7. The molecule has 0 N–H and O–H groups in total. The lowest BCUT2D eigenvalue weighted by Crippen LogP contribution is -2.46. The standard InChI is InChI=1S/C27H33NO4/c1-31-24-14-12-20(13-15-24)19-32-27(30)26(22-10-6-3-7-11-22)28-16-23(18-29)25(17-28)21-8-4-2-5-9-21/h2,4-5,8-9,12-15,18,22-23,25-26H,3,6-7,10-11,16-17,19H2,1H3/t23-,25-,26?/m1/s1. The molecule has 2 aliphatic rings. The highest BCUT2D eigenvalue weighted by molar-refractivity contribution is 5.76. The van der Waals surface area contributed by atoms with Crippen LogP contribution in [0.5, 0.6) is 5.75 Å². The molecule has 170 valence electrons. The van der Waals surface area contributed by atoms with Crippen molar-refractivity contribution in [1.82, 2.24) is 4.90 Å². The third-order valence-electron chi connectivity index (χ3n) is 7.07. The lowest BCUT2D eigenvalue weighted by atomic mass is 9.83. The van der Waals surface area contributed by atoms with Crippen molar-refractivity contribution in [3.8, 4) is 5.75 Å². The molecule has 0 amide bonds. The Morgan fingerprint density at radius 2 is 1.75 bits per heavy atom. The zero-order chi connectivity index (χ0) is 22.3. The minimum absolute atomic E-state index is 0.0992. The number of carbonyl (C=O) groups is 2. The summed E-state index contributed by atoms with van der Waals surface area (Å²) in [5.74, 6) is 0.927. The van der Waals surface area contributed by atoms with Crippen LogP contribution >= 0.6 is 0 Å². The molecule has 32 heavy (non-hydrogen) atoms. The summed E-state index contributed by atoms with van der Waals surface area (Å²) in [4.78, 5) is 27.5. The van der Waals surface area contributed by atoms with Crippen molar-refractivity contribution >= 4 is 12.3 Å². The van der Waals surface area contributed by atoms with Crippen LogP contribution in [0.15, 0.2) is 54.6 Å². The Morgan fingerprint density at radius 3 is 2.41 bits per heavy atom. The molecule has 0 aromatic heterocycles. The van der Waals surface area contributed by atoms with Gasteiger partial charge in [-0.05, 0) is 42.0 Å². The van der Waals surface area contributed by atoms with Crippen LogP contribution < -0.4 is 4.74 Å². The summed E-state index contributed by atoms with van der Waals surface area (Å²) in [6, 6.07) is 17.5. The van der Waals surface area contributed by atoms with Crippen LogP contribution in [0, 0.1) is 11.8 Å². The molecule has 1 saturated heterocycles. The quantitative estimate of drug-likeness (QED) is 0.448. The lowest BCUT2D eigenvalue weighted by molar-refractivity contribution is -0.154. The van der Waals surface area contributed by atoms with Gasteiger partial charge in [-0.15, -0.1) is 0 Å². The van der Waals surface area contributed by atoms with Gasteiger partial charge in [0.2, 0.25) is 0 Å². The van der Waals surface area contributed by atoms with E-state index < -0.39 is 0 Å². The van der Waals surface area contributed by atoms with Gasteiger partial charge < -0.3 is 14.3 Å². The topological polar surface area (TPSA) is 55.8 Å². The van der Waals surface area contributed by atoms with Crippen molar-refractivity contribution in [2.45, 2.75) is 50.7 Å². The molecular formula is C27H33NO4. The normalized spacial score (nSPS) is 22.9. The number of benzene rings is 2. The number of hydrogen-bond acceptors (Lipinski definition) is 5. The van der Waals surface area contributed by atoms with Gasteiger partial charge in [0.15, 0.2) is 0 Å². The fourth-order valence-electron chi connectivity index (χ4n) is 5.33. The molecule has 5 heteroatoms. The molecule has 0 bridgehead atoms. The maximum Gasteiger partial charge on any atom is 0.323 e. The molecule has 2 fully saturated rings. The highest BCUT2D eigenvalue weighted by Gasteiger charge is 2.43. The molecule has 1 unspecified atom stereocenters. The first kappa shape index (κ1) is 22.5. The van der Waals surface area contributed by atoms with Gasteiger partial charge in [0.05, 0.1) is 7.11 Å². The zero-order valence-electron chi connectivity index (χ0n) is 18.8. The first-order valence-corrected chi connectivity index (χ1v) is 11.7. The van der Waals surface area contributed by atoms with Crippen LogP contribution in [0.2, 0.25) is 0 Å². The Balaban J connectivity index is 1.49. The highest BCUT2D eigenvalue weighted by Crippen LogP contribution is 2.37. The summed E-state index contributed by atoms with van der Waals surface area (Å²) in [5, 5.41) is 0. The predicted octanol–water partition coefficient (Wildman–Crippen LogP) is 4.60. The lowest BCUT2D eigenvalue weighted by Gasteiger charge is -2.35. The monoisotopic (exact) mass is 435 g/mol. The van der Waals surface area contributed by atoms with E-state index in [4.69, 9.17) is 9.47 Å². The average molecular weight is 436 g/mol. The van der Waals surface area contributed by atoms with Gasteiger partial charge in [0, 0.05) is 24.9 Å². The number of ether oxygens (including phenoxy) is 2. The summed E-state index contributed by atoms with van der Waals surface area (Å²) in [5.41, 5.74) is 2.11. The molecule has 0 spiro atoms. The molecule has 2 aromatic rings. The van der Waals surface area contributed by atoms with E-state index in [2.05, 4.69) is 17.0 Å². The van der Waals surface area contributed by atoms with Crippen molar-refractivity contribution in [2.75, 3.05) is 20.2 Å². The zero-order valence-corrected chi connectivity index (χ0v) is 18.8. The van der Waals surface area contributed by atoms with Crippen LogP contribution in [0.4, 0.5) is 0 Å². The predicted molar refractivity (Wildman–Crippen MR) is 123 cm³/mol. The molecule has 1 heterocycles. The number of esters is 1. The number of aldehydes is 1. The highest BCUT2D eigenvalue weighted by atomic mass is 16.5. The van der Waals surface area contributed by atoms with Crippen molar-refractivity contribution in [3.63, 3.8) is 0 Å². The van der Waals surface area contributed by atoms with Gasteiger partial charge in [-0.3, -0.25) is 9.69 Å². The van der Waals surface area contributed by atoms with E-state index in [-0.39, 0.29) is 36.4 Å². The summed E-state index contributed by atoms with van der Waals surface area (Å²) in [6.45, 7) is 1.58. The molecule has 4 rings (SSSR count). The third-order valence-corrected chi connectivity index (χ3v) is 7.07. The van der Waals surface area contributed by atoms with E-state index in [0.29, 0.717) is 13.1 Å². The van der Waals surface area contributed by atoms with E-state index in [1.807, 2.05) is 42.5 Å². The third kappa shape index (κ3) is 5.21. The van der Waals surface area contributed by atoms with Gasteiger partial charge in [0.1, 0.15) is 24.7 Å². The Bertz CT molecular complexity index is 876. The van der Waals surface area contributed by atoms with Gasteiger partial charge >= 0.3 is 5.97 Å². The number of hydrogen-bond donors (Lipinski definition) is 0. The Hall–Kier alpha value is -2.66. The van der Waals surface area contributed by atoms with Crippen LogP contribution in [-0.2, 0) is 20.9 Å². The smallest absolute Gasteiger partial charge is 0.323 e. The van der Waals surface area contributed by atoms with Crippen LogP contribution in [0.1, 0.15) is 49.1 Å². The molecule has 1 aliphatic heterocycles. The Morgan fingerprint density at radius 1 is 1.03 bits per heavy atom. The number of rotatable bonds is 8. The molecule has 0 radical (unpaired) electrons. The van der Waals surface area contributed by atoms with Gasteiger partial charge in [0.25, 0.3) is 0 Å². The van der Waals surface area contributed by atoms with Crippen LogP contribution in [0.3, 0.4) is 0 Å². The molecular weight excluding hydrogens is 402 g/mol. The largest absolute Gasteiger partial charge is 0.497 e. The number of likely N-dealkylation sites (tertiary alicyclic amines) is 1. The summed E-state index contributed by atoms with van der Waals surface area (Å²) in [6.07, 6.45) is 6.69. The van der Waals surface area contributed by atoms with Crippen LogP contribution in [0.25, 0.3) is 0 Å². The van der Waals surface area contributed by atoms with Gasteiger partial charge in [-0.1, -0.05) is 61.7 Å². The minimum Gasteiger partial charge on any atom is -0.497 e. The fourth-order valence-corrected chi connectivity index (χ4v) is 5.33. The molecule has 3 atom stereocenters. The van der Waals surface area contributed by atoms with Crippen molar-refractivity contribution < 1.29 is 19.1 Å². The van der Waals surface area contributed by atoms with E-state index >= 15 is 0 Å². The molecule has 2 aromatic carbocycles. The molecule has 5 nitrogen and oxygen atoms in total. The second-order valence-corrected chi connectivity index (χ2v) is 9.07. The second kappa shape index (κ2) is 10.8. The summed E-state index contributed by atoms with van der Waals surface area (Å²) in [7, 11) is 1.63. The second-order valence-electron chi connectivity index (χ2n) is 9.07. The maximum atomic E-state index is 13.4. The van der Waals surface area contributed by atoms with E-state index in [9.17, 15) is 9.59 Å². The maximum absolute atomic E-state index is 13.4. The number of methoxy groups -OCH3 is 1. The first-order valence-electron chi connectivity index (χ1n) is 11.7. The minimum atomic E-state index is -0.287. The van der Waals surface area contributed by atoms with E-state index in [1.54, 1.807) is 7.11 Å². The van der Waals surface area contributed by atoms with Crippen molar-refractivity contribution in [1.29, 1.82) is 0 Å². The summed E-state index contributed by atoms with van der Waals surface area (Å²) < 4.78 is 11.0. The summed E-state index contributed by atoms with van der Waals surface area (Å²) >= 11 is 0. The average Bonchev–Trinajstić information content (AvgIpc) is 3.28. The molecule has 1 saturated carbocycles. The Kier molecular flexibility index (Phi) is 7.59. The van der Waals surface area contributed by atoms with E-state index in [1.165, 1.54) is 12.0 Å². The SMILES string of the molecule is COc1ccc(COC(=O)C(C2CCCCC2)N2C[C@H](c3ccccc3)[C@@H](C=O)C2)cc1. The fraction of sp³-hybridized carbons (Fsp3) is 0.481. The molecule has 1 aliphatic carbocycles. The van der Waals surface area contributed by atoms with Gasteiger partial charge in [-0.2, -0.15) is 0 Å². The van der Waals surface area contributed by atoms with Crippen LogP contribution in [-0.4, -0.2) is 43.4 Å². The number of carbonyl (C=O) groups excluding carboxylic acids is 2. The van der Waals surface area contributed by atoms with E-state index in [0.717, 1.165) is 43.3 Å². The van der Waals surface area contributed by atoms with Crippen molar-refractivity contribution in [2.24, 2.45) is 11.8 Å².